The smallest absolute Gasteiger partial charge is 0.307 e. The molecule has 3 heterocycles. The van der Waals surface area contributed by atoms with E-state index in [4.69, 9.17) is 16.7 Å². The van der Waals surface area contributed by atoms with Gasteiger partial charge in [0.15, 0.2) is 0 Å². The molecule has 1 atom stereocenters. The summed E-state index contributed by atoms with van der Waals surface area (Å²) in [6.45, 7) is 6.51. The molecule has 0 spiro atoms. The van der Waals surface area contributed by atoms with Crippen molar-refractivity contribution in [3.8, 4) is 11.5 Å². The SMILES string of the molecule is CCc1ccc([C@@H]2c3cccn3-c3c(c(C)nn3-c3ccccc3)CN2C(=O)Nc2ccc(C)cc2Cl)cc1. The summed E-state index contributed by atoms with van der Waals surface area (Å²) in [6, 6.07) is 27.9. The van der Waals surface area contributed by atoms with E-state index in [0.29, 0.717) is 17.3 Å². The lowest BCUT2D eigenvalue weighted by atomic mass is 9.99. The molecule has 3 aromatic carbocycles. The number of hydrogen-bond acceptors (Lipinski definition) is 2. The zero-order valence-electron chi connectivity index (χ0n) is 22.2. The number of amides is 2. The zero-order chi connectivity index (χ0) is 27.1. The van der Waals surface area contributed by atoms with Crippen LogP contribution in [0.1, 0.15) is 46.6 Å². The highest BCUT2D eigenvalue weighted by Gasteiger charge is 2.36. The molecule has 2 amide bonds. The fourth-order valence-corrected chi connectivity index (χ4v) is 5.63. The summed E-state index contributed by atoms with van der Waals surface area (Å²) in [5.74, 6) is 0.942. The van der Waals surface area contributed by atoms with Gasteiger partial charge in [-0.3, -0.25) is 0 Å². The molecule has 0 fully saturated rings. The lowest BCUT2D eigenvalue weighted by Gasteiger charge is -2.31. The van der Waals surface area contributed by atoms with Crippen LogP contribution in [0.25, 0.3) is 11.5 Å². The summed E-state index contributed by atoms with van der Waals surface area (Å²) in [5.41, 5.74) is 7.74. The first-order valence-corrected chi connectivity index (χ1v) is 13.6. The minimum atomic E-state index is -0.328. The third-order valence-electron chi connectivity index (χ3n) is 7.42. The molecule has 0 saturated carbocycles. The van der Waals surface area contributed by atoms with E-state index < -0.39 is 0 Å². The number of nitrogens with zero attached hydrogens (tertiary/aromatic N) is 4. The summed E-state index contributed by atoms with van der Waals surface area (Å²) >= 11 is 6.52. The Hall–Kier alpha value is -4.29. The fourth-order valence-electron chi connectivity index (χ4n) is 5.34. The summed E-state index contributed by atoms with van der Waals surface area (Å²) in [5, 5.41) is 8.52. The van der Waals surface area contributed by atoms with E-state index in [1.165, 1.54) is 5.56 Å². The van der Waals surface area contributed by atoms with Crippen LogP contribution in [-0.2, 0) is 13.0 Å². The van der Waals surface area contributed by atoms with Crippen LogP contribution in [0.5, 0.6) is 0 Å². The quantitative estimate of drug-likeness (QED) is 0.257. The Labute approximate surface area is 233 Å². The number of carbonyl (C=O) groups is 1. The lowest BCUT2D eigenvalue weighted by molar-refractivity contribution is 0.194. The van der Waals surface area contributed by atoms with Gasteiger partial charge in [0.25, 0.3) is 0 Å². The van der Waals surface area contributed by atoms with Crippen molar-refractivity contribution >= 4 is 23.3 Å². The number of aromatic nitrogens is 3. The van der Waals surface area contributed by atoms with Gasteiger partial charge in [-0.25, -0.2) is 9.48 Å². The first kappa shape index (κ1) is 25.0. The van der Waals surface area contributed by atoms with Gasteiger partial charge in [-0.05, 0) is 73.4 Å². The molecular weight excluding hydrogens is 506 g/mol. The number of rotatable bonds is 4. The van der Waals surface area contributed by atoms with Crippen molar-refractivity contribution < 1.29 is 4.79 Å². The van der Waals surface area contributed by atoms with E-state index in [0.717, 1.165) is 46.0 Å². The Bertz CT molecular complexity index is 1650. The molecule has 0 unspecified atom stereocenters. The number of anilines is 1. The summed E-state index contributed by atoms with van der Waals surface area (Å²) in [4.78, 5) is 16.0. The molecule has 2 aromatic heterocycles. The van der Waals surface area contributed by atoms with E-state index in [1.54, 1.807) is 0 Å². The molecule has 7 heteroatoms. The number of halogens is 1. The Morgan fingerprint density at radius 3 is 2.49 bits per heavy atom. The van der Waals surface area contributed by atoms with Crippen LogP contribution in [0.4, 0.5) is 10.5 Å². The molecule has 0 saturated heterocycles. The van der Waals surface area contributed by atoms with Crippen LogP contribution in [-0.4, -0.2) is 25.3 Å². The Kier molecular flexibility index (Phi) is 6.49. The molecule has 6 nitrogen and oxygen atoms in total. The highest BCUT2D eigenvalue weighted by atomic mass is 35.5. The Morgan fingerprint density at radius 1 is 1.00 bits per heavy atom. The van der Waals surface area contributed by atoms with Gasteiger partial charge < -0.3 is 14.8 Å². The van der Waals surface area contributed by atoms with Crippen molar-refractivity contribution in [2.24, 2.45) is 0 Å². The molecule has 196 valence electrons. The molecule has 1 aliphatic heterocycles. The van der Waals surface area contributed by atoms with Gasteiger partial charge in [0.05, 0.1) is 40.4 Å². The molecule has 0 radical (unpaired) electrons. The van der Waals surface area contributed by atoms with E-state index in [9.17, 15) is 4.79 Å². The van der Waals surface area contributed by atoms with Gasteiger partial charge in [0.1, 0.15) is 5.82 Å². The third kappa shape index (κ3) is 4.51. The average Bonchev–Trinajstić information content (AvgIpc) is 3.51. The first-order chi connectivity index (χ1) is 18.9. The Balaban J connectivity index is 1.52. The number of para-hydroxylation sites is 1. The minimum absolute atomic E-state index is 0.224. The molecule has 1 N–H and O–H groups in total. The average molecular weight is 536 g/mol. The van der Waals surface area contributed by atoms with E-state index in [1.807, 2.05) is 78.0 Å². The van der Waals surface area contributed by atoms with Gasteiger partial charge >= 0.3 is 6.03 Å². The number of fused-ring (bicyclic) bond motifs is 3. The van der Waals surface area contributed by atoms with Crippen LogP contribution in [0.2, 0.25) is 5.02 Å². The second kappa shape index (κ2) is 10.1. The zero-order valence-corrected chi connectivity index (χ0v) is 23.0. The molecule has 0 bridgehead atoms. The number of urea groups is 1. The topological polar surface area (TPSA) is 55.1 Å². The predicted octanol–water partition coefficient (Wildman–Crippen LogP) is 7.63. The molecule has 39 heavy (non-hydrogen) atoms. The van der Waals surface area contributed by atoms with Crippen molar-refractivity contribution in [1.29, 1.82) is 0 Å². The van der Waals surface area contributed by atoms with Crippen molar-refractivity contribution in [3.63, 3.8) is 0 Å². The number of nitrogens with one attached hydrogen (secondary N) is 1. The molecule has 6 rings (SSSR count). The lowest BCUT2D eigenvalue weighted by Crippen LogP contribution is -2.38. The highest BCUT2D eigenvalue weighted by molar-refractivity contribution is 6.33. The monoisotopic (exact) mass is 535 g/mol. The van der Waals surface area contributed by atoms with Crippen LogP contribution >= 0.6 is 11.6 Å². The highest BCUT2D eigenvalue weighted by Crippen LogP contribution is 2.39. The Morgan fingerprint density at radius 2 is 1.77 bits per heavy atom. The normalized spacial score (nSPS) is 14.5. The maximum Gasteiger partial charge on any atom is 0.323 e. The van der Waals surface area contributed by atoms with E-state index in [2.05, 4.69) is 53.3 Å². The molecule has 1 aliphatic rings. The molecule has 5 aromatic rings. The van der Waals surface area contributed by atoms with Crippen LogP contribution < -0.4 is 5.32 Å². The number of benzene rings is 3. The van der Waals surface area contributed by atoms with Gasteiger partial charge in [-0.2, -0.15) is 5.10 Å². The van der Waals surface area contributed by atoms with E-state index >= 15 is 0 Å². The first-order valence-electron chi connectivity index (χ1n) is 13.2. The van der Waals surface area contributed by atoms with Crippen molar-refractivity contribution in [1.82, 2.24) is 19.2 Å². The molecule has 0 aliphatic carbocycles. The van der Waals surface area contributed by atoms with E-state index in [-0.39, 0.29) is 12.1 Å². The predicted molar refractivity (Wildman–Crippen MR) is 156 cm³/mol. The third-order valence-corrected chi connectivity index (χ3v) is 7.73. The van der Waals surface area contributed by atoms with Crippen LogP contribution in [0.3, 0.4) is 0 Å². The van der Waals surface area contributed by atoms with Gasteiger partial charge in [-0.1, -0.05) is 67.1 Å². The van der Waals surface area contributed by atoms with Crippen molar-refractivity contribution in [2.75, 3.05) is 5.32 Å². The fraction of sp³-hybridized carbons (Fsp3) is 0.188. The number of carbonyl (C=O) groups excluding carboxylic acids is 1. The number of aryl methyl sites for hydroxylation is 3. The second-order valence-electron chi connectivity index (χ2n) is 9.98. The van der Waals surface area contributed by atoms with Gasteiger partial charge in [0.2, 0.25) is 0 Å². The van der Waals surface area contributed by atoms with Gasteiger partial charge in [-0.15, -0.1) is 0 Å². The minimum Gasteiger partial charge on any atom is -0.307 e. The largest absolute Gasteiger partial charge is 0.323 e. The van der Waals surface area contributed by atoms with Crippen LogP contribution in [0.15, 0.2) is 91.1 Å². The number of hydrogen-bond donors (Lipinski definition) is 1. The molecular formula is C32H30ClN5O. The second-order valence-corrected chi connectivity index (χ2v) is 10.4. The summed E-state index contributed by atoms with van der Waals surface area (Å²) < 4.78 is 4.15. The van der Waals surface area contributed by atoms with Crippen molar-refractivity contribution in [3.05, 3.63) is 130 Å². The van der Waals surface area contributed by atoms with Crippen LogP contribution in [0, 0.1) is 13.8 Å². The van der Waals surface area contributed by atoms with Gasteiger partial charge in [0, 0.05) is 11.8 Å². The maximum atomic E-state index is 14.1. The summed E-state index contributed by atoms with van der Waals surface area (Å²) in [7, 11) is 0. The van der Waals surface area contributed by atoms with Crippen molar-refractivity contribution in [2.45, 2.75) is 39.8 Å². The maximum absolute atomic E-state index is 14.1. The standard InChI is InChI=1S/C32H30ClN5O/c1-4-23-13-15-24(16-14-23)30-29-11-8-18-36(29)31-26(22(3)35-38(31)25-9-6-5-7-10-25)20-37(30)32(39)34-28-17-12-21(2)19-27(28)33/h5-19,30H,4,20H2,1-3H3,(H,34,39)/t30-/m1/s1. The summed E-state index contributed by atoms with van der Waals surface area (Å²) in [6.07, 6.45) is 3.01.